The van der Waals surface area contributed by atoms with E-state index in [-0.39, 0.29) is 18.1 Å². The van der Waals surface area contributed by atoms with E-state index < -0.39 is 12.0 Å². The fourth-order valence-electron chi connectivity index (χ4n) is 2.96. The van der Waals surface area contributed by atoms with E-state index in [0.29, 0.717) is 25.8 Å². The second kappa shape index (κ2) is 10.4. The van der Waals surface area contributed by atoms with Gasteiger partial charge < -0.3 is 10.0 Å². The molecule has 22 heavy (non-hydrogen) atoms. The van der Waals surface area contributed by atoms with Gasteiger partial charge in [-0.15, -0.1) is 0 Å². The zero-order valence-electron chi connectivity index (χ0n) is 13.7. The SMILES string of the molecule is CCCCCCCCCC(=O)CC(=O)N1CCCC1C(=O)O. The van der Waals surface area contributed by atoms with Crippen molar-refractivity contribution >= 4 is 17.7 Å². The van der Waals surface area contributed by atoms with Crippen molar-refractivity contribution in [2.24, 2.45) is 0 Å². The van der Waals surface area contributed by atoms with Crippen molar-refractivity contribution in [1.82, 2.24) is 4.90 Å². The number of likely N-dealkylation sites (tertiary alicyclic amines) is 1. The summed E-state index contributed by atoms with van der Waals surface area (Å²) in [5.41, 5.74) is 0. The largest absolute Gasteiger partial charge is 0.480 e. The average Bonchev–Trinajstić information content (AvgIpc) is 2.96. The number of carboxylic acids is 1. The van der Waals surface area contributed by atoms with Crippen LogP contribution >= 0.6 is 0 Å². The number of rotatable bonds is 11. The zero-order valence-corrected chi connectivity index (χ0v) is 13.7. The molecule has 0 aromatic rings. The lowest BCUT2D eigenvalue weighted by Gasteiger charge is -2.20. The Morgan fingerprint density at radius 3 is 2.32 bits per heavy atom. The molecular formula is C17H29NO4. The van der Waals surface area contributed by atoms with E-state index in [1.165, 1.54) is 30.6 Å². The maximum Gasteiger partial charge on any atom is 0.326 e. The molecule has 1 aliphatic rings. The van der Waals surface area contributed by atoms with Gasteiger partial charge in [0.1, 0.15) is 11.8 Å². The first-order valence-corrected chi connectivity index (χ1v) is 8.60. The molecule has 1 amide bonds. The number of carbonyl (C=O) groups is 3. The first-order chi connectivity index (χ1) is 10.6. The fourth-order valence-corrected chi connectivity index (χ4v) is 2.96. The Labute approximate surface area is 133 Å². The summed E-state index contributed by atoms with van der Waals surface area (Å²) < 4.78 is 0. The first-order valence-electron chi connectivity index (χ1n) is 8.60. The molecular weight excluding hydrogens is 282 g/mol. The monoisotopic (exact) mass is 311 g/mol. The van der Waals surface area contributed by atoms with Gasteiger partial charge in [-0.3, -0.25) is 9.59 Å². The average molecular weight is 311 g/mol. The maximum absolute atomic E-state index is 12.0. The van der Waals surface area contributed by atoms with Gasteiger partial charge in [0, 0.05) is 13.0 Å². The van der Waals surface area contributed by atoms with E-state index in [0.717, 1.165) is 19.3 Å². The third kappa shape index (κ3) is 6.58. The standard InChI is InChI=1S/C17H29NO4/c1-2-3-4-5-6-7-8-10-14(19)13-16(20)18-12-9-11-15(18)17(21)22/h15H,2-13H2,1H3,(H,21,22). The van der Waals surface area contributed by atoms with Gasteiger partial charge in [-0.25, -0.2) is 4.79 Å². The number of carbonyl (C=O) groups excluding carboxylic acids is 2. The topological polar surface area (TPSA) is 74.7 Å². The van der Waals surface area contributed by atoms with Crippen molar-refractivity contribution in [3.63, 3.8) is 0 Å². The number of amides is 1. The van der Waals surface area contributed by atoms with Crippen molar-refractivity contribution in [2.75, 3.05) is 6.54 Å². The molecule has 0 bridgehead atoms. The van der Waals surface area contributed by atoms with Crippen LogP contribution in [0.5, 0.6) is 0 Å². The Balaban J connectivity index is 2.16. The summed E-state index contributed by atoms with van der Waals surface area (Å²) in [5, 5.41) is 9.05. The van der Waals surface area contributed by atoms with Crippen LogP contribution in [-0.4, -0.2) is 40.3 Å². The van der Waals surface area contributed by atoms with Gasteiger partial charge in [-0.05, 0) is 19.3 Å². The zero-order chi connectivity index (χ0) is 16.4. The van der Waals surface area contributed by atoms with Crippen molar-refractivity contribution in [3.8, 4) is 0 Å². The Morgan fingerprint density at radius 1 is 1.05 bits per heavy atom. The molecule has 0 saturated carbocycles. The lowest BCUT2D eigenvalue weighted by Crippen LogP contribution is -2.41. The second-order valence-electron chi connectivity index (χ2n) is 6.17. The first kappa shape index (κ1) is 18.7. The van der Waals surface area contributed by atoms with Crippen molar-refractivity contribution in [2.45, 2.75) is 83.6 Å². The summed E-state index contributed by atoms with van der Waals surface area (Å²) in [6.07, 6.45) is 9.48. The number of unbranched alkanes of at least 4 members (excludes halogenated alkanes) is 6. The molecule has 1 unspecified atom stereocenters. The minimum Gasteiger partial charge on any atom is -0.480 e. The van der Waals surface area contributed by atoms with Crippen LogP contribution in [0.15, 0.2) is 0 Å². The maximum atomic E-state index is 12.0. The van der Waals surface area contributed by atoms with Gasteiger partial charge in [0.15, 0.2) is 0 Å². The molecule has 0 radical (unpaired) electrons. The number of hydrogen-bond acceptors (Lipinski definition) is 3. The number of ketones is 1. The quantitative estimate of drug-likeness (QED) is 0.470. The Morgan fingerprint density at radius 2 is 1.68 bits per heavy atom. The minimum atomic E-state index is -0.967. The van der Waals surface area contributed by atoms with Crippen LogP contribution in [0.2, 0.25) is 0 Å². The molecule has 1 N–H and O–H groups in total. The van der Waals surface area contributed by atoms with Crippen molar-refractivity contribution < 1.29 is 19.5 Å². The fraction of sp³-hybridized carbons (Fsp3) is 0.824. The molecule has 126 valence electrons. The number of carboxylic acid groups (broad SMARTS) is 1. The lowest BCUT2D eigenvalue weighted by atomic mass is 10.1. The summed E-state index contributed by atoms with van der Waals surface area (Å²) in [6.45, 7) is 2.64. The summed E-state index contributed by atoms with van der Waals surface area (Å²) in [4.78, 5) is 36.2. The lowest BCUT2D eigenvalue weighted by molar-refractivity contribution is -0.149. The molecule has 0 aromatic carbocycles. The Hall–Kier alpha value is -1.39. The summed E-state index contributed by atoms with van der Waals surface area (Å²) >= 11 is 0. The van der Waals surface area contributed by atoms with E-state index >= 15 is 0 Å². The highest BCUT2D eigenvalue weighted by atomic mass is 16.4. The molecule has 0 aromatic heterocycles. The molecule has 1 aliphatic heterocycles. The number of hydrogen-bond donors (Lipinski definition) is 1. The molecule has 1 heterocycles. The molecule has 0 spiro atoms. The number of aliphatic carboxylic acids is 1. The molecule has 1 fully saturated rings. The Kier molecular flexibility index (Phi) is 8.78. The molecule has 1 saturated heterocycles. The Bertz CT molecular complexity index is 381. The third-order valence-electron chi connectivity index (χ3n) is 4.27. The second-order valence-corrected chi connectivity index (χ2v) is 6.17. The predicted molar refractivity (Wildman–Crippen MR) is 84.6 cm³/mol. The molecule has 0 aliphatic carbocycles. The van der Waals surface area contributed by atoms with Gasteiger partial charge in [-0.1, -0.05) is 45.4 Å². The van der Waals surface area contributed by atoms with Crippen LogP contribution in [-0.2, 0) is 14.4 Å². The summed E-state index contributed by atoms with van der Waals surface area (Å²) in [6, 6.07) is -0.737. The molecule has 5 heteroatoms. The minimum absolute atomic E-state index is 0.0606. The molecule has 5 nitrogen and oxygen atoms in total. The van der Waals surface area contributed by atoms with Crippen LogP contribution in [0, 0.1) is 0 Å². The van der Waals surface area contributed by atoms with E-state index in [1.807, 2.05) is 0 Å². The van der Waals surface area contributed by atoms with Gasteiger partial charge >= 0.3 is 5.97 Å². The third-order valence-corrected chi connectivity index (χ3v) is 4.27. The summed E-state index contributed by atoms with van der Waals surface area (Å²) in [5.74, 6) is -1.35. The highest BCUT2D eigenvalue weighted by Crippen LogP contribution is 2.19. The van der Waals surface area contributed by atoms with Crippen LogP contribution in [0.25, 0.3) is 0 Å². The van der Waals surface area contributed by atoms with Gasteiger partial charge in [0.2, 0.25) is 5.91 Å². The van der Waals surface area contributed by atoms with Gasteiger partial charge in [0.05, 0.1) is 6.42 Å². The number of nitrogens with zero attached hydrogens (tertiary/aromatic N) is 1. The smallest absolute Gasteiger partial charge is 0.326 e. The highest BCUT2D eigenvalue weighted by Gasteiger charge is 2.34. The normalized spacial score (nSPS) is 17.7. The van der Waals surface area contributed by atoms with Crippen molar-refractivity contribution in [3.05, 3.63) is 0 Å². The van der Waals surface area contributed by atoms with Gasteiger partial charge in [0.25, 0.3) is 0 Å². The molecule has 1 atom stereocenters. The van der Waals surface area contributed by atoms with Crippen molar-refractivity contribution in [1.29, 1.82) is 0 Å². The van der Waals surface area contributed by atoms with Crippen LogP contribution < -0.4 is 0 Å². The number of Topliss-reactive ketones (excluding diaryl/α,β-unsaturated/α-hetero) is 1. The highest BCUT2D eigenvalue weighted by molar-refractivity contribution is 5.99. The van der Waals surface area contributed by atoms with E-state index in [1.54, 1.807) is 0 Å². The van der Waals surface area contributed by atoms with Gasteiger partial charge in [-0.2, -0.15) is 0 Å². The van der Waals surface area contributed by atoms with E-state index in [2.05, 4.69) is 6.92 Å². The van der Waals surface area contributed by atoms with Crippen LogP contribution in [0.3, 0.4) is 0 Å². The van der Waals surface area contributed by atoms with Crippen LogP contribution in [0.1, 0.15) is 77.6 Å². The van der Waals surface area contributed by atoms with Crippen LogP contribution in [0.4, 0.5) is 0 Å². The van der Waals surface area contributed by atoms with E-state index in [4.69, 9.17) is 5.11 Å². The molecule has 1 rings (SSSR count). The predicted octanol–water partition coefficient (Wildman–Crippen LogP) is 3.16. The summed E-state index contributed by atoms with van der Waals surface area (Å²) in [7, 11) is 0. The van der Waals surface area contributed by atoms with E-state index in [9.17, 15) is 14.4 Å².